The molecule has 20 heavy (non-hydrogen) atoms. The van der Waals surface area contributed by atoms with Gasteiger partial charge in [-0.05, 0) is 50.6 Å². The summed E-state index contributed by atoms with van der Waals surface area (Å²) < 4.78 is 13.5. The number of benzene rings is 1. The fourth-order valence-corrected chi connectivity index (χ4v) is 2.72. The van der Waals surface area contributed by atoms with Crippen LogP contribution in [-0.2, 0) is 6.42 Å². The standard InChI is InChI=1S/C16H26FN3/c1-4-15(18)10-13-9-14(17)5-6-16(13)20-8-7-19(3)12(2)11-20/h5-6,9,12,15H,4,7-8,10-11,18H2,1-3H3. The number of rotatable bonds is 4. The maximum Gasteiger partial charge on any atom is 0.123 e. The lowest BCUT2D eigenvalue weighted by molar-refractivity contribution is 0.234. The molecular formula is C16H26FN3. The van der Waals surface area contributed by atoms with E-state index in [9.17, 15) is 4.39 Å². The molecule has 112 valence electrons. The van der Waals surface area contributed by atoms with Crippen molar-refractivity contribution in [2.24, 2.45) is 5.73 Å². The number of anilines is 1. The Morgan fingerprint density at radius 1 is 1.40 bits per heavy atom. The molecule has 2 rings (SSSR count). The summed E-state index contributed by atoms with van der Waals surface area (Å²) in [4.78, 5) is 4.72. The van der Waals surface area contributed by atoms with Crippen LogP contribution < -0.4 is 10.6 Å². The first-order valence-electron chi connectivity index (χ1n) is 7.50. The van der Waals surface area contributed by atoms with Gasteiger partial charge in [-0.2, -0.15) is 0 Å². The van der Waals surface area contributed by atoms with Gasteiger partial charge in [0, 0.05) is 37.4 Å². The third-order valence-corrected chi connectivity index (χ3v) is 4.35. The number of piperazine rings is 1. The summed E-state index contributed by atoms with van der Waals surface area (Å²) in [6.07, 6.45) is 1.65. The molecule has 0 bridgehead atoms. The summed E-state index contributed by atoms with van der Waals surface area (Å²) in [6.45, 7) is 7.31. The van der Waals surface area contributed by atoms with Gasteiger partial charge in [0.15, 0.2) is 0 Å². The SMILES string of the molecule is CCC(N)Cc1cc(F)ccc1N1CCN(C)C(C)C1. The van der Waals surface area contributed by atoms with Gasteiger partial charge in [0.05, 0.1) is 0 Å². The highest BCUT2D eigenvalue weighted by Gasteiger charge is 2.23. The van der Waals surface area contributed by atoms with Crippen LogP contribution in [0.3, 0.4) is 0 Å². The van der Waals surface area contributed by atoms with E-state index in [4.69, 9.17) is 5.73 Å². The van der Waals surface area contributed by atoms with E-state index in [1.807, 2.05) is 6.07 Å². The number of nitrogens with zero attached hydrogens (tertiary/aromatic N) is 2. The maximum absolute atomic E-state index is 13.5. The van der Waals surface area contributed by atoms with Crippen LogP contribution >= 0.6 is 0 Å². The molecule has 2 unspecified atom stereocenters. The van der Waals surface area contributed by atoms with Crippen LogP contribution in [0, 0.1) is 5.82 Å². The molecule has 1 fully saturated rings. The topological polar surface area (TPSA) is 32.5 Å². The first-order valence-corrected chi connectivity index (χ1v) is 7.50. The molecule has 0 radical (unpaired) electrons. The lowest BCUT2D eigenvalue weighted by atomic mass is 10.0. The smallest absolute Gasteiger partial charge is 0.123 e. The highest BCUT2D eigenvalue weighted by atomic mass is 19.1. The number of nitrogens with two attached hydrogens (primary N) is 1. The molecule has 1 saturated heterocycles. The second-order valence-corrected chi connectivity index (χ2v) is 5.92. The van der Waals surface area contributed by atoms with Crippen molar-refractivity contribution in [1.29, 1.82) is 0 Å². The lowest BCUT2D eigenvalue weighted by Gasteiger charge is -2.40. The highest BCUT2D eigenvalue weighted by Crippen LogP contribution is 2.25. The van der Waals surface area contributed by atoms with E-state index in [1.165, 1.54) is 0 Å². The predicted molar refractivity (Wildman–Crippen MR) is 82.7 cm³/mol. The Bertz CT molecular complexity index is 449. The Kier molecular flexibility index (Phi) is 5.00. The van der Waals surface area contributed by atoms with Crippen molar-refractivity contribution in [3.8, 4) is 0 Å². The van der Waals surface area contributed by atoms with Crippen LogP contribution in [-0.4, -0.2) is 43.7 Å². The molecule has 1 aromatic rings. The minimum Gasteiger partial charge on any atom is -0.368 e. The summed E-state index contributed by atoms with van der Waals surface area (Å²) >= 11 is 0. The summed E-state index contributed by atoms with van der Waals surface area (Å²) in [5.74, 6) is -0.172. The van der Waals surface area contributed by atoms with Gasteiger partial charge in [-0.25, -0.2) is 4.39 Å². The van der Waals surface area contributed by atoms with Gasteiger partial charge < -0.3 is 15.5 Å². The number of likely N-dealkylation sites (N-methyl/N-ethyl adjacent to an activating group) is 1. The van der Waals surface area contributed by atoms with Crippen molar-refractivity contribution in [2.45, 2.75) is 38.8 Å². The summed E-state index contributed by atoms with van der Waals surface area (Å²) in [7, 11) is 2.15. The fraction of sp³-hybridized carbons (Fsp3) is 0.625. The Balaban J connectivity index is 2.22. The fourth-order valence-electron chi connectivity index (χ4n) is 2.72. The molecule has 1 aliphatic heterocycles. The van der Waals surface area contributed by atoms with Crippen LogP contribution in [0.2, 0.25) is 0 Å². The lowest BCUT2D eigenvalue weighted by Crippen LogP contribution is -2.50. The van der Waals surface area contributed by atoms with E-state index >= 15 is 0 Å². The van der Waals surface area contributed by atoms with Gasteiger partial charge in [0.25, 0.3) is 0 Å². The van der Waals surface area contributed by atoms with E-state index in [2.05, 4.69) is 30.7 Å². The summed E-state index contributed by atoms with van der Waals surface area (Å²) in [6, 6.07) is 5.72. The van der Waals surface area contributed by atoms with Crippen molar-refractivity contribution in [3.63, 3.8) is 0 Å². The monoisotopic (exact) mass is 279 g/mol. The number of halogens is 1. The first-order chi connectivity index (χ1) is 9.51. The van der Waals surface area contributed by atoms with Crippen LogP contribution in [0.4, 0.5) is 10.1 Å². The zero-order chi connectivity index (χ0) is 14.7. The molecule has 0 aromatic heterocycles. The second-order valence-electron chi connectivity index (χ2n) is 5.92. The molecule has 0 amide bonds. The third kappa shape index (κ3) is 3.49. The number of hydrogen-bond donors (Lipinski definition) is 1. The molecule has 4 heteroatoms. The average molecular weight is 279 g/mol. The van der Waals surface area contributed by atoms with Crippen molar-refractivity contribution in [3.05, 3.63) is 29.6 Å². The minimum atomic E-state index is -0.172. The van der Waals surface area contributed by atoms with Crippen molar-refractivity contribution < 1.29 is 4.39 Å². The summed E-state index contributed by atoms with van der Waals surface area (Å²) in [5.41, 5.74) is 8.24. The van der Waals surface area contributed by atoms with E-state index in [-0.39, 0.29) is 11.9 Å². The first kappa shape index (κ1) is 15.3. The van der Waals surface area contributed by atoms with Gasteiger partial charge in [-0.15, -0.1) is 0 Å². The average Bonchev–Trinajstić information content (AvgIpc) is 2.42. The van der Waals surface area contributed by atoms with Gasteiger partial charge in [-0.1, -0.05) is 6.92 Å². The highest BCUT2D eigenvalue weighted by molar-refractivity contribution is 5.54. The van der Waals surface area contributed by atoms with Crippen molar-refractivity contribution >= 4 is 5.69 Å². The van der Waals surface area contributed by atoms with Gasteiger partial charge in [-0.3, -0.25) is 0 Å². The van der Waals surface area contributed by atoms with Crippen molar-refractivity contribution in [2.75, 3.05) is 31.6 Å². The van der Waals surface area contributed by atoms with E-state index in [0.29, 0.717) is 6.04 Å². The largest absolute Gasteiger partial charge is 0.368 e. The minimum absolute atomic E-state index is 0.0976. The zero-order valence-electron chi connectivity index (χ0n) is 12.8. The summed E-state index contributed by atoms with van der Waals surface area (Å²) in [5, 5.41) is 0. The Labute approximate surface area is 121 Å². The molecular weight excluding hydrogens is 253 g/mol. The maximum atomic E-state index is 13.5. The number of hydrogen-bond acceptors (Lipinski definition) is 3. The molecule has 1 aliphatic rings. The molecule has 1 heterocycles. The van der Waals surface area contributed by atoms with Crippen LogP contribution in [0.15, 0.2) is 18.2 Å². The van der Waals surface area contributed by atoms with Crippen LogP contribution in [0.5, 0.6) is 0 Å². The van der Waals surface area contributed by atoms with Gasteiger partial charge in [0.2, 0.25) is 0 Å². The van der Waals surface area contributed by atoms with Gasteiger partial charge >= 0.3 is 0 Å². The van der Waals surface area contributed by atoms with E-state index < -0.39 is 0 Å². The van der Waals surface area contributed by atoms with Crippen molar-refractivity contribution in [1.82, 2.24) is 4.90 Å². The Morgan fingerprint density at radius 3 is 2.80 bits per heavy atom. The molecule has 1 aromatic carbocycles. The third-order valence-electron chi connectivity index (χ3n) is 4.35. The molecule has 2 N–H and O–H groups in total. The molecule has 0 saturated carbocycles. The van der Waals surface area contributed by atoms with Crippen LogP contribution in [0.25, 0.3) is 0 Å². The second kappa shape index (κ2) is 6.55. The van der Waals surface area contributed by atoms with E-state index in [0.717, 1.165) is 43.7 Å². The van der Waals surface area contributed by atoms with Crippen LogP contribution in [0.1, 0.15) is 25.8 Å². The van der Waals surface area contributed by atoms with Gasteiger partial charge in [0.1, 0.15) is 5.82 Å². The molecule has 0 aliphatic carbocycles. The molecule has 3 nitrogen and oxygen atoms in total. The molecule has 2 atom stereocenters. The zero-order valence-corrected chi connectivity index (χ0v) is 12.8. The molecule has 0 spiro atoms. The Morgan fingerprint density at radius 2 is 2.15 bits per heavy atom. The predicted octanol–water partition coefficient (Wildman–Crippen LogP) is 2.25. The Hall–Kier alpha value is -1.13. The van der Waals surface area contributed by atoms with E-state index in [1.54, 1.807) is 12.1 Å². The normalized spacial score (nSPS) is 22.1. The quantitative estimate of drug-likeness (QED) is 0.917.